The molecule has 2 amide bonds. The highest BCUT2D eigenvalue weighted by atomic mass is 16.8. The van der Waals surface area contributed by atoms with Crippen LogP contribution in [0.15, 0.2) is 0 Å². The maximum absolute atomic E-state index is 13.2. The van der Waals surface area contributed by atoms with Gasteiger partial charge in [0.2, 0.25) is 0 Å². The van der Waals surface area contributed by atoms with E-state index in [-0.39, 0.29) is 12.5 Å². The van der Waals surface area contributed by atoms with Crippen molar-refractivity contribution in [2.75, 3.05) is 0 Å². The van der Waals surface area contributed by atoms with E-state index in [2.05, 4.69) is 0 Å². The molecule has 2 aliphatic rings. The Balaban J connectivity index is 2.31. The minimum Gasteiger partial charge on any atom is -0.458 e. The van der Waals surface area contributed by atoms with Gasteiger partial charge in [-0.15, -0.1) is 0 Å². The molecule has 32 heavy (non-hydrogen) atoms. The zero-order chi connectivity index (χ0) is 24.5. The van der Waals surface area contributed by atoms with Crippen molar-refractivity contribution >= 4 is 18.2 Å². The average molecular weight is 458 g/mol. The second-order valence-corrected chi connectivity index (χ2v) is 10.9. The van der Waals surface area contributed by atoms with Crippen molar-refractivity contribution in [3.63, 3.8) is 0 Å². The number of ether oxygens (including phenoxy) is 5. The van der Waals surface area contributed by atoms with Crippen LogP contribution in [0.3, 0.4) is 0 Å². The van der Waals surface area contributed by atoms with Crippen molar-refractivity contribution in [3.8, 4) is 0 Å². The summed E-state index contributed by atoms with van der Waals surface area (Å²) in [6.45, 7) is 15.5. The Labute approximate surface area is 191 Å². The van der Waals surface area contributed by atoms with Gasteiger partial charge in [-0.3, -0.25) is 0 Å². The van der Waals surface area contributed by atoms with Crippen molar-refractivity contribution in [1.29, 1.82) is 0 Å². The van der Waals surface area contributed by atoms with Gasteiger partial charge in [0.25, 0.3) is 0 Å². The molecular formula is C23H39NO8. The topological polar surface area (TPSA) is 101 Å². The molecule has 9 nitrogen and oxygen atoms in total. The van der Waals surface area contributed by atoms with Gasteiger partial charge in [0, 0.05) is 0 Å². The first-order valence-corrected chi connectivity index (χ1v) is 11.3. The molecule has 0 bridgehead atoms. The molecule has 2 aliphatic heterocycles. The molecule has 0 spiro atoms. The molecule has 0 radical (unpaired) electrons. The zero-order valence-corrected chi connectivity index (χ0v) is 20.9. The van der Waals surface area contributed by atoms with Crippen LogP contribution in [0.1, 0.15) is 88.0 Å². The van der Waals surface area contributed by atoms with Crippen LogP contribution in [0, 0.1) is 0 Å². The van der Waals surface area contributed by atoms with Crippen LogP contribution in [0.5, 0.6) is 0 Å². The summed E-state index contributed by atoms with van der Waals surface area (Å²) < 4.78 is 28.5. The molecule has 4 atom stereocenters. The van der Waals surface area contributed by atoms with Crippen LogP contribution in [-0.2, 0) is 28.5 Å². The van der Waals surface area contributed by atoms with E-state index in [9.17, 15) is 14.4 Å². The summed E-state index contributed by atoms with van der Waals surface area (Å²) in [5.74, 6) is -1.48. The highest BCUT2D eigenvalue weighted by molar-refractivity contribution is 5.94. The molecule has 0 aromatic rings. The summed E-state index contributed by atoms with van der Waals surface area (Å²) in [5.41, 5.74) is -1.73. The lowest BCUT2D eigenvalue weighted by molar-refractivity contribution is -0.172. The Hall–Kier alpha value is -1.87. The predicted molar refractivity (Wildman–Crippen MR) is 116 cm³/mol. The van der Waals surface area contributed by atoms with E-state index in [0.29, 0.717) is 12.8 Å². The Morgan fingerprint density at radius 3 is 1.94 bits per heavy atom. The summed E-state index contributed by atoms with van der Waals surface area (Å²) in [6.07, 6.45) is -0.921. The number of esters is 1. The molecule has 0 aliphatic carbocycles. The third-order valence-corrected chi connectivity index (χ3v) is 4.97. The second kappa shape index (κ2) is 9.55. The van der Waals surface area contributed by atoms with E-state index >= 15 is 0 Å². The SMILES string of the molecule is C[C@@H]1OC(=O)[C@@H](N(C(=O)OC(C)(C)C)C(=O)OC(C)(C)C)CCCC[C@@H]2OC(C)(C)O[C@@H]12. The van der Waals surface area contributed by atoms with Crippen LogP contribution in [-0.4, -0.2) is 64.4 Å². The lowest BCUT2D eigenvalue weighted by Crippen LogP contribution is -2.53. The molecule has 9 heteroatoms. The summed E-state index contributed by atoms with van der Waals surface area (Å²) >= 11 is 0. The molecule has 2 rings (SSSR count). The number of hydrogen-bond acceptors (Lipinski definition) is 8. The van der Waals surface area contributed by atoms with Gasteiger partial charge in [0.05, 0.1) is 6.10 Å². The quantitative estimate of drug-likeness (QED) is 0.417. The molecule has 0 aromatic heterocycles. The highest BCUT2D eigenvalue weighted by Crippen LogP contribution is 2.35. The second-order valence-electron chi connectivity index (χ2n) is 10.9. The summed E-state index contributed by atoms with van der Waals surface area (Å²) in [7, 11) is 0. The Bertz CT molecular complexity index is 678. The fourth-order valence-electron chi connectivity index (χ4n) is 3.80. The van der Waals surface area contributed by atoms with Crippen LogP contribution >= 0.6 is 0 Å². The molecule has 0 saturated carbocycles. The van der Waals surface area contributed by atoms with Crippen molar-refractivity contribution in [1.82, 2.24) is 4.90 Å². The van der Waals surface area contributed by atoms with Crippen LogP contribution in [0.25, 0.3) is 0 Å². The van der Waals surface area contributed by atoms with Crippen LogP contribution < -0.4 is 0 Å². The lowest BCUT2D eigenvalue weighted by atomic mass is 9.99. The normalized spacial score (nSPS) is 28.8. The van der Waals surface area contributed by atoms with E-state index < -0.39 is 53.4 Å². The maximum atomic E-state index is 13.2. The van der Waals surface area contributed by atoms with Gasteiger partial charge in [-0.2, -0.15) is 4.90 Å². The molecule has 2 fully saturated rings. The fourth-order valence-corrected chi connectivity index (χ4v) is 3.80. The van der Waals surface area contributed by atoms with Gasteiger partial charge in [-0.1, -0.05) is 12.8 Å². The number of imide groups is 1. The number of carbonyl (C=O) groups is 3. The van der Waals surface area contributed by atoms with Crippen molar-refractivity contribution in [2.24, 2.45) is 0 Å². The van der Waals surface area contributed by atoms with Crippen molar-refractivity contribution in [2.45, 2.75) is 129 Å². The minimum absolute atomic E-state index is 0.197. The largest absolute Gasteiger partial charge is 0.458 e. The molecule has 2 saturated heterocycles. The number of nitrogens with zero attached hydrogens (tertiary/aromatic N) is 1. The summed E-state index contributed by atoms with van der Waals surface area (Å²) in [4.78, 5) is 39.9. The third-order valence-electron chi connectivity index (χ3n) is 4.97. The number of amides is 2. The van der Waals surface area contributed by atoms with Crippen molar-refractivity contribution in [3.05, 3.63) is 0 Å². The summed E-state index contributed by atoms with van der Waals surface area (Å²) in [5, 5.41) is 0. The molecule has 0 aromatic carbocycles. The summed E-state index contributed by atoms with van der Waals surface area (Å²) in [6, 6.07) is -1.17. The van der Waals surface area contributed by atoms with E-state index in [0.717, 1.165) is 11.3 Å². The fraction of sp³-hybridized carbons (Fsp3) is 0.870. The average Bonchev–Trinajstić information content (AvgIpc) is 2.88. The minimum atomic E-state index is -1.17. The number of hydrogen-bond donors (Lipinski definition) is 0. The third kappa shape index (κ3) is 7.33. The van der Waals surface area contributed by atoms with Gasteiger partial charge in [0.1, 0.15) is 29.5 Å². The van der Waals surface area contributed by atoms with E-state index in [1.807, 2.05) is 13.8 Å². The Kier molecular flexibility index (Phi) is 7.87. The highest BCUT2D eigenvalue weighted by Gasteiger charge is 2.47. The molecular weight excluding hydrogens is 418 g/mol. The monoisotopic (exact) mass is 457 g/mol. The van der Waals surface area contributed by atoms with Crippen LogP contribution in [0.4, 0.5) is 9.59 Å². The standard InChI is InChI=1S/C23H39NO8/c1-14-17-16(29-23(8,9)30-17)13-11-10-12-15(18(25)28-14)24(19(26)31-21(2,3)4)20(27)32-22(5,6)7/h14-17H,10-13H2,1-9H3/t14-,15-,16-,17-/m0/s1. The van der Waals surface area contributed by atoms with E-state index in [1.165, 1.54) is 0 Å². The van der Waals surface area contributed by atoms with Gasteiger partial charge in [-0.25, -0.2) is 14.4 Å². The van der Waals surface area contributed by atoms with Gasteiger partial charge >= 0.3 is 18.2 Å². The number of fused-ring (bicyclic) bond motifs is 1. The molecule has 0 unspecified atom stereocenters. The number of carbonyl (C=O) groups excluding carboxylic acids is 3. The molecule has 0 N–H and O–H groups in total. The Morgan fingerprint density at radius 2 is 1.44 bits per heavy atom. The van der Waals surface area contributed by atoms with Crippen molar-refractivity contribution < 1.29 is 38.1 Å². The number of rotatable bonds is 1. The first kappa shape index (κ1) is 26.4. The smallest absolute Gasteiger partial charge is 0.420 e. The van der Waals surface area contributed by atoms with Crippen LogP contribution in [0.2, 0.25) is 0 Å². The zero-order valence-electron chi connectivity index (χ0n) is 20.9. The maximum Gasteiger partial charge on any atom is 0.420 e. The van der Waals surface area contributed by atoms with E-state index in [4.69, 9.17) is 23.7 Å². The lowest BCUT2D eigenvalue weighted by Gasteiger charge is -2.34. The predicted octanol–water partition coefficient (Wildman–Crippen LogP) is 4.55. The number of cyclic esters (lactones) is 1. The van der Waals surface area contributed by atoms with Gasteiger partial charge in [0.15, 0.2) is 5.79 Å². The molecule has 2 heterocycles. The first-order chi connectivity index (χ1) is 14.5. The van der Waals surface area contributed by atoms with E-state index in [1.54, 1.807) is 48.5 Å². The Morgan fingerprint density at radius 1 is 0.938 bits per heavy atom. The van der Waals surface area contributed by atoms with Gasteiger partial charge in [-0.05, 0) is 75.2 Å². The first-order valence-electron chi connectivity index (χ1n) is 11.3. The molecule has 184 valence electrons. The van der Waals surface area contributed by atoms with Gasteiger partial charge < -0.3 is 23.7 Å².